The van der Waals surface area contributed by atoms with Gasteiger partial charge in [-0.25, -0.2) is 4.98 Å². The van der Waals surface area contributed by atoms with Gasteiger partial charge in [0.05, 0.1) is 17.4 Å². The fourth-order valence-electron chi connectivity index (χ4n) is 2.28. The zero-order chi connectivity index (χ0) is 13.1. The summed E-state index contributed by atoms with van der Waals surface area (Å²) in [5, 5.41) is 3.23. The van der Waals surface area contributed by atoms with Crippen LogP contribution in [0.1, 0.15) is 23.2 Å². The minimum atomic E-state index is -0.494. The van der Waals surface area contributed by atoms with Crippen molar-refractivity contribution < 1.29 is 4.79 Å². The van der Waals surface area contributed by atoms with E-state index in [1.54, 1.807) is 6.20 Å². The van der Waals surface area contributed by atoms with E-state index >= 15 is 0 Å². The summed E-state index contributed by atoms with van der Waals surface area (Å²) in [6, 6.07) is 1.99. The fraction of sp³-hybridized carbons (Fsp3) is 0.500. The summed E-state index contributed by atoms with van der Waals surface area (Å²) in [4.78, 5) is 17.6. The van der Waals surface area contributed by atoms with Gasteiger partial charge in [-0.1, -0.05) is 0 Å². The molecule has 6 nitrogen and oxygen atoms in total. The number of nitrogens with one attached hydrogen (secondary N) is 1. The normalized spacial score (nSPS) is 19.9. The smallest absolute Gasteiger partial charge is 0.250 e. The highest BCUT2D eigenvalue weighted by atomic mass is 16.1. The quantitative estimate of drug-likeness (QED) is 0.711. The van der Waals surface area contributed by atoms with Crippen molar-refractivity contribution in [2.45, 2.75) is 18.9 Å². The van der Waals surface area contributed by atoms with Gasteiger partial charge in [0.2, 0.25) is 0 Å². The van der Waals surface area contributed by atoms with Gasteiger partial charge in [-0.2, -0.15) is 0 Å². The van der Waals surface area contributed by atoms with Crippen molar-refractivity contribution in [2.24, 2.45) is 5.73 Å². The molecule has 1 atom stereocenters. The summed E-state index contributed by atoms with van der Waals surface area (Å²) in [5.41, 5.74) is 11.9. The molecule has 0 bridgehead atoms. The summed E-state index contributed by atoms with van der Waals surface area (Å²) < 4.78 is 0. The second kappa shape index (κ2) is 5.22. The van der Waals surface area contributed by atoms with Crippen LogP contribution >= 0.6 is 0 Å². The number of hydrogen-bond acceptors (Lipinski definition) is 5. The second-order valence-corrected chi connectivity index (χ2v) is 4.68. The molecule has 1 aliphatic heterocycles. The lowest BCUT2D eigenvalue weighted by Crippen LogP contribution is -2.32. The average Bonchev–Trinajstić information content (AvgIpc) is 2.73. The molecule has 1 amide bonds. The van der Waals surface area contributed by atoms with E-state index < -0.39 is 5.91 Å². The summed E-state index contributed by atoms with van der Waals surface area (Å²) >= 11 is 0. The number of aromatic nitrogens is 1. The highest BCUT2D eigenvalue weighted by molar-refractivity contribution is 5.98. The zero-order valence-corrected chi connectivity index (χ0v) is 10.5. The van der Waals surface area contributed by atoms with Crippen LogP contribution in [0, 0.1) is 0 Å². The van der Waals surface area contributed by atoms with Crippen molar-refractivity contribution in [3.8, 4) is 0 Å². The molecule has 6 heteroatoms. The van der Waals surface area contributed by atoms with Crippen LogP contribution in [-0.2, 0) is 0 Å². The minimum absolute atomic E-state index is 0.298. The average molecular weight is 249 g/mol. The van der Waals surface area contributed by atoms with Gasteiger partial charge in [0.25, 0.3) is 5.91 Å². The Morgan fingerprint density at radius 2 is 2.44 bits per heavy atom. The molecule has 0 spiro atoms. The number of amides is 1. The van der Waals surface area contributed by atoms with Crippen molar-refractivity contribution in [1.29, 1.82) is 0 Å². The predicted molar refractivity (Wildman–Crippen MR) is 71.3 cm³/mol. The maximum absolute atomic E-state index is 11.3. The topological polar surface area (TPSA) is 97.3 Å². The number of nitrogen functional groups attached to an aromatic ring is 1. The maximum Gasteiger partial charge on any atom is 0.250 e. The molecular formula is C12H19N5O. The molecule has 1 aromatic rings. The molecule has 0 radical (unpaired) electrons. The summed E-state index contributed by atoms with van der Waals surface area (Å²) in [6.45, 7) is 1.90. The Labute approximate surface area is 106 Å². The number of nitrogens with zero attached hydrogens (tertiary/aromatic N) is 2. The molecule has 0 aliphatic carbocycles. The number of anilines is 2. The Kier molecular flexibility index (Phi) is 3.66. The van der Waals surface area contributed by atoms with Crippen LogP contribution in [0.2, 0.25) is 0 Å². The molecule has 2 rings (SSSR count). The van der Waals surface area contributed by atoms with Crippen LogP contribution in [0.4, 0.5) is 11.5 Å². The standard InChI is InChI=1S/C12H19N5O/c1-17-4-2-3-8(17)6-15-10-7-16-11(13)5-9(10)12(14)18/h5,7-8,15H,2-4,6H2,1H3,(H2,13,16)(H2,14,18). The van der Waals surface area contributed by atoms with E-state index in [1.807, 2.05) is 0 Å². The van der Waals surface area contributed by atoms with Crippen molar-refractivity contribution >= 4 is 17.4 Å². The fourth-order valence-corrected chi connectivity index (χ4v) is 2.28. The van der Waals surface area contributed by atoms with Gasteiger partial charge in [-0.15, -0.1) is 0 Å². The summed E-state index contributed by atoms with van der Waals surface area (Å²) in [5.74, 6) is -0.196. The highest BCUT2D eigenvalue weighted by Gasteiger charge is 2.21. The lowest BCUT2D eigenvalue weighted by Gasteiger charge is -2.20. The van der Waals surface area contributed by atoms with E-state index in [4.69, 9.17) is 11.5 Å². The number of nitrogens with two attached hydrogens (primary N) is 2. The van der Waals surface area contributed by atoms with Gasteiger partial charge in [-0.3, -0.25) is 4.79 Å². The van der Waals surface area contributed by atoms with Crippen LogP contribution in [0.3, 0.4) is 0 Å². The van der Waals surface area contributed by atoms with Crippen LogP contribution < -0.4 is 16.8 Å². The lowest BCUT2D eigenvalue weighted by molar-refractivity contribution is 0.100. The first-order valence-corrected chi connectivity index (χ1v) is 6.07. The van der Waals surface area contributed by atoms with Gasteiger partial charge in [-0.05, 0) is 32.5 Å². The predicted octanol–water partition coefficient (Wildman–Crippen LogP) is 0.269. The Morgan fingerprint density at radius 3 is 3.06 bits per heavy atom. The Balaban J connectivity index is 2.06. The third-order valence-electron chi connectivity index (χ3n) is 3.39. The SMILES string of the molecule is CN1CCCC1CNc1cnc(N)cc1C(N)=O. The van der Waals surface area contributed by atoms with E-state index in [0.717, 1.165) is 19.5 Å². The van der Waals surface area contributed by atoms with Crippen molar-refractivity contribution in [2.75, 3.05) is 31.2 Å². The van der Waals surface area contributed by atoms with E-state index in [-0.39, 0.29) is 0 Å². The van der Waals surface area contributed by atoms with Crippen LogP contribution in [0.15, 0.2) is 12.3 Å². The van der Waals surface area contributed by atoms with Gasteiger partial charge >= 0.3 is 0 Å². The molecule has 1 aromatic heterocycles. The van der Waals surface area contributed by atoms with E-state index in [1.165, 1.54) is 12.5 Å². The first-order valence-electron chi connectivity index (χ1n) is 6.07. The van der Waals surface area contributed by atoms with Gasteiger partial charge in [0.1, 0.15) is 5.82 Å². The second-order valence-electron chi connectivity index (χ2n) is 4.68. The van der Waals surface area contributed by atoms with E-state index in [2.05, 4.69) is 22.2 Å². The third-order valence-corrected chi connectivity index (χ3v) is 3.39. The molecule has 2 heterocycles. The van der Waals surface area contributed by atoms with Crippen molar-refractivity contribution in [3.05, 3.63) is 17.8 Å². The van der Waals surface area contributed by atoms with Gasteiger partial charge in [0, 0.05) is 12.6 Å². The number of carbonyl (C=O) groups is 1. The number of primary amides is 1. The number of carbonyl (C=O) groups excluding carboxylic acids is 1. The Bertz CT molecular complexity index is 448. The van der Waals surface area contributed by atoms with Crippen molar-refractivity contribution in [1.82, 2.24) is 9.88 Å². The van der Waals surface area contributed by atoms with Crippen molar-refractivity contribution in [3.63, 3.8) is 0 Å². The largest absolute Gasteiger partial charge is 0.384 e. The Morgan fingerprint density at radius 1 is 1.67 bits per heavy atom. The molecule has 5 N–H and O–H groups in total. The molecule has 1 unspecified atom stereocenters. The van der Waals surface area contributed by atoms with Crippen LogP contribution in [0.5, 0.6) is 0 Å². The third kappa shape index (κ3) is 2.70. The molecule has 18 heavy (non-hydrogen) atoms. The molecule has 0 saturated carbocycles. The molecule has 0 aromatic carbocycles. The number of rotatable bonds is 4. The lowest BCUT2D eigenvalue weighted by atomic mass is 10.2. The summed E-state index contributed by atoms with van der Waals surface area (Å²) in [7, 11) is 2.11. The molecule has 1 saturated heterocycles. The summed E-state index contributed by atoms with van der Waals surface area (Å²) in [6.07, 6.45) is 3.94. The highest BCUT2D eigenvalue weighted by Crippen LogP contribution is 2.19. The molecule has 98 valence electrons. The minimum Gasteiger partial charge on any atom is -0.384 e. The number of likely N-dealkylation sites (tertiary alicyclic amines) is 1. The first-order chi connectivity index (χ1) is 8.58. The maximum atomic E-state index is 11.3. The molecule has 1 aliphatic rings. The van der Waals surface area contributed by atoms with Gasteiger partial charge in [0.15, 0.2) is 0 Å². The number of likely N-dealkylation sites (N-methyl/N-ethyl adjacent to an activating group) is 1. The molecule has 1 fully saturated rings. The van der Waals surface area contributed by atoms with Crippen LogP contribution in [0.25, 0.3) is 0 Å². The zero-order valence-electron chi connectivity index (χ0n) is 10.5. The molecular weight excluding hydrogens is 230 g/mol. The first kappa shape index (κ1) is 12.6. The van der Waals surface area contributed by atoms with Crippen LogP contribution in [-0.4, -0.2) is 42.0 Å². The van der Waals surface area contributed by atoms with E-state index in [0.29, 0.717) is 23.1 Å². The Hall–Kier alpha value is -1.82. The van der Waals surface area contributed by atoms with Gasteiger partial charge < -0.3 is 21.7 Å². The number of hydrogen-bond donors (Lipinski definition) is 3. The van der Waals surface area contributed by atoms with E-state index in [9.17, 15) is 4.79 Å². The monoisotopic (exact) mass is 249 g/mol. The number of pyridine rings is 1.